The molecule has 0 aliphatic carbocycles. The second-order valence-electron chi connectivity index (χ2n) is 10.6. The zero-order chi connectivity index (χ0) is 32.8. The number of nitrogens with zero attached hydrogens (tertiary/aromatic N) is 3. The van der Waals surface area contributed by atoms with E-state index in [9.17, 15) is 31.4 Å². The predicted molar refractivity (Wildman–Crippen MR) is 145 cm³/mol. The molecule has 0 spiro atoms. The van der Waals surface area contributed by atoms with Crippen LogP contribution in [0, 0.1) is 10.6 Å². The Kier molecular flexibility index (Phi) is 8.71. The summed E-state index contributed by atoms with van der Waals surface area (Å²) in [5.41, 5.74) is -1.50. The van der Waals surface area contributed by atoms with Crippen molar-refractivity contribution in [2.75, 3.05) is 17.8 Å². The number of ether oxygens (including phenoxy) is 2. The summed E-state index contributed by atoms with van der Waals surface area (Å²) in [5.74, 6) is -10.0. The molecular formula is C26H25ClF5N5O6S. The van der Waals surface area contributed by atoms with E-state index in [4.69, 9.17) is 21.1 Å². The molecule has 1 aromatic heterocycles. The van der Waals surface area contributed by atoms with E-state index in [0.29, 0.717) is 23.8 Å². The molecule has 3 atom stereocenters. The van der Waals surface area contributed by atoms with Crippen molar-refractivity contribution in [2.45, 2.75) is 55.9 Å². The Labute approximate surface area is 252 Å². The van der Waals surface area contributed by atoms with Crippen LogP contribution in [0.1, 0.15) is 32.2 Å². The average molecular weight is 666 g/mol. The highest BCUT2D eigenvalue weighted by molar-refractivity contribution is 7.92. The molecule has 2 unspecified atom stereocenters. The van der Waals surface area contributed by atoms with Gasteiger partial charge in [-0.2, -0.15) is 22.5 Å². The van der Waals surface area contributed by atoms with Gasteiger partial charge in [-0.05, 0) is 50.6 Å². The van der Waals surface area contributed by atoms with E-state index in [-0.39, 0.29) is 12.2 Å². The van der Waals surface area contributed by atoms with Crippen LogP contribution in [-0.2, 0) is 36.4 Å². The van der Waals surface area contributed by atoms with Gasteiger partial charge in [0, 0.05) is 12.1 Å². The topological polar surface area (TPSA) is 148 Å². The van der Waals surface area contributed by atoms with Gasteiger partial charge in [-0.15, -0.1) is 0 Å². The molecule has 238 valence electrons. The Morgan fingerprint density at radius 3 is 2.41 bits per heavy atom. The van der Waals surface area contributed by atoms with Crippen LogP contribution in [0.15, 0.2) is 45.8 Å². The van der Waals surface area contributed by atoms with E-state index in [1.165, 1.54) is 12.1 Å². The molecule has 4 rings (SSSR count). The van der Waals surface area contributed by atoms with Crippen molar-refractivity contribution >= 4 is 39.0 Å². The van der Waals surface area contributed by atoms with Crippen molar-refractivity contribution in [1.82, 2.24) is 15.5 Å². The summed E-state index contributed by atoms with van der Waals surface area (Å²) in [4.78, 5) is 30.3. The van der Waals surface area contributed by atoms with Crippen molar-refractivity contribution < 1.29 is 49.7 Å². The summed E-state index contributed by atoms with van der Waals surface area (Å²) in [5, 5.41) is 5.93. The molecule has 2 heterocycles. The van der Waals surface area contributed by atoms with Crippen LogP contribution in [0.4, 0.5) is 32.4 Å². The molecule has 1 aliphatic rings. The Morgan fingerprint density at radius 1 is 1.20 bits per heavy atom. The summed E-state index contributed by atoms with van der Waals surface area (Å²) in [6, 6.07) is 6.05. The number of amides is 2. The molecule has 0 radical (unpaired) electrons. The molecule has 11 nitrogen and oxygen atoms in total. The molecule has 2 amide bonds. The van der Waals surface area contributed by atoms with Gasteiger partial charge in [0.25, 0.3) is 5.91 Å². The predicted octanol–water partition coefficient (Wildman–Crippen LogP) is 5.71. The summed E-state index contributed by atoms with van der Waals surface area (Å²) >= 11 is 5.96. The van der Waals surface area contributed by atoms with E-state index in [1.807, 2.05) is 0 Å². The number of rotatable bonds is 6. The van der Waals surface area contributed by atoms with Crippen LogP contribution in [0.3, 0.4) is 0 Å². The minimum Gasteiger partial charge on any atom is -0.444 e. The van der Waals surface area contributed by atoms with Crippen LogP contribution >= 0.6 is 11.6 Å². The van der Waals surface area contributed by atoms with Crippen LogP contribution < -0.4 is 10.2 Å². The maximum Gasteiger partial charge on any atom is 0.458 e. The molecular weight excluding hydrogens is 641 g/mol. The fraction of sp³-hybridized carbons (Fsp3) is 0.385. The summed E-state index contributed by atoms with van der Waals surface area (Å²) < 4.78 is 106. The van der Waals surface area contributed by atoms with Crippen LogP contribution in [0.5, 0.6) is 0 Å². The van der Waals surface area contributed by atoms with Gasteiger partial charge in [0.05, 0.1) is 38.2 Å². The fourth-order valence-electron chi connectivity index (χ4n) is 4.17. The van der Waals surface area contributed by atoms with Crippen LogP contribution in [0.25, 0.3) is 11.4 Å². The third kappa shape index (κ3) is 6.63. The quantitative estimate of drug-likeness (QED) is 0.319. The number of alkyl halides is 4. The van der Waals surface area contributed by atoms with Crippen molar-refractivity contribution in [3.05, 3.63) is 58.7 Å². The van der Waals surface area contributed by atoms with Gasteiger partial charge in [-0.1, -0.05) is 28.9 Å². The Hall–Kier alpha value is -3.83. The number of anilines is 1. The highest BCUT2D eigenvalue weighted by Gasteiger charge is 2.63. The summed E-state index contributed by atoms with van der Waals surface area (Å²) in [7, 11) is -3.62. The van der Waals surface area contributed by atoms with Crippen LogP contribution in [0.2, 0.25) is 5.02 Å². The SMILES string of the molecule is COC(F)(c1nc(-c2cc3c(cc2F)S(=N)(=O)C[C@H](NC(=O)OC(C)(C)C)C(=O)N3Cc2ccc(Cl)cc2)no1)C(F)(F)F. The Bertz CT molecular complexity index is 1690. The van der Waals surface area contributed by atoms with Gasteiger partial charge >= 0.3 is 24.0 Å². The monoisotopic (exact) mass is 665 g/mol. The summed E-state index contributed by atoms with van der Waals surface area (Å²) in [6.45, 7) is 4.43. The minimum absolute atomic E-state index is 0.279. The lowest BCUT2D eigenvalue weighted by molar-refractivity contribution is -0.342. The number of methoxy groups -OCH3 is 1. The number of halogens is 6. The molecule has 18 heteroatoms. The minimum atomic E-state index is -5.65. The maximum absolute atomic E-state index is 15.5. The summed E-state index contributed by atoms with van der Waals surface area (Å²) in [6.07, 6.45) is -6.70. The Balaban J connectivity index is 1.86. The van der Waals surface area contributed by atoms with Crippen molar-refractivity contribution in [2.24, 2.45) is 0 Å². The van der Waals surface area contributed by atoms with Gasteiger partial charge in [0.15, 0.2) is 0 Å². The second kappa shape index (κ2) is 11.6. The number of fused-ring (bicyclic) bond motifs is 1. The smallest absolute Gasteiger partial charge is 0.444 e. The largest absolute Gasteiger partial charge is 0.458 e. The van der Waals surface area contributed by atoms with E-state index in [0.717, 1.165) is 11.0 Å². The second-order valence-corrected chi connectivity index (χ2v) is 13.2. The van der Waals surface area contributed by atoms with E-state index >= 15 is 4.39 Å². The van der Waals surface area contributed by atoms with E-state index in [1.54, 1.807) is 32.9 Å². The zero-order valence-electron chi connectivity index (χ0n) is 23.4. The highest BCUT2D eigenvalue weighted by Crippen LogP contribution is 2.43. The number of aromatic nitrogens is 2. The lowest BCUT2D eigenvalue weighted by atomic mass is 10.1. The number of carbonyl (C=O) groups excluding carboxylic acids is 2. The molecule has 0 bridgehead atoms. The normalized spacial score (nSPS) is 20.5. The van der Waals surface area contributed by atoms with Crippen molar-refractivity contribution in [1.29, 1.82) is 4.78 Å². The third-order valence-corrected chi connectivity index (χ3v) is 8.29. The average Bonchev–Trinajstić information content (AvgIpc) is 3.38. The lowest BCUT2D eigenvalue weighted by Crippen LogP contribution is -2.51. The molecule has 0 saturated carbocycles. The first-order valence-electron chi connectivity index (χ1n) is 12.6. The Morgan fingerprint density at radius 2 is 1.84 bits per heavy atom. The number of carbonyl (C=O) groups is 2. The van der Waals surface area contributed by atoms with Crippen molar-refractivity contribution in [3.63, 3.8) is 0 Å². The lowest BCUT2D eigenvalue weighted by Gasteiger charge is -2.27. The molecule has 2 aromatic carbocycles. The standard InChI is InChI=1S/C26H25ClF5N5O6S/c1-24(2,3)42-23(39)34-17-12-44(33,40)19-10-16(28)15(20-35-22(43-36-20)25(29,41-4)26(30,31)32)9-18(19)37(21(17)38)11-13-5-7-14(27)8-6-13/h5-10,17,33H,11-12H2,1-4H3,(H,34,39)/t17-,25?,44?/m0/s1. The maximum atomic E-state index is 15.5. The fourth-order valence-corrected chi connectivity index (χ4v) is 5.97. The first-order chi connectivity index (χ1) is 20.3. The highest BCUT2D eigenvalue weighted by atomic mass is 35.5. The number of alkyl carbamates (subject to hydrolysis) is 1. The van der Waals surface area contributed by atoms with Gasteiger partial charge in [0.2, 0.25) is 5.82 Å². The van der Waals surface area contributed by atoms with Gasteiger partial charge in [0.1, 0.15) is 17.5 Å². The van der Waals surface area contributed by atoms with Gasteiger partial charge < -0.3 is 24.2 Å². The molecule has 44 heavy (non-hydrogen) atoms. The molecule has 3 aromatic rings. The van der Waals surface area contributed by atoms with E-state index < -0.39 is 79.1 Å². The van der Waals surface area contributed by atoms with E-state index in [2.05, 4.69) is 24.7 Å². The molecule has 0 saturated heterocycles. The van der Waals surface area contributed by atoms with Crippen LogP contribution in [-0.4, -0.2) is 57.0 Å². The van der Waals surface area contributed by atoms with Crippen molar-refractivity contribution in [3.8, 4) is 11.4 Å². The molecule has 0 fully saturated rings. The number of hydrogen-bond acceptors (Lipinski definition) is 9. The zero-order valence-corrected chi connectivity index (χ0v) is 25.0. The molecule has 1 aliphatic heterocycles. The number of hydrogen-bond donors (Lipinski definition) is 2. The third-order valence-electron chi connectivity index (χ3n) is 6.19. The number of nitrogens with one attached hydrogen (secondary N) is 2. The van der Waals surface area contributed by atoms with Gasteiger partial charge in [-0.25, -0.2) is 18.2 Å². The molecule has 2 N–H and O–H groups in total. The van der Waals surface area contributed by atoms with Gasteiger partial charge in [-0.3, -0.25) is 4.79 Å². The first-order valence-corrected chi connectivity index (χ1v) is 14.7. The number of benzene rings is 2. The first kappa shape index (κ1) is 33.1.